The lowest BCUT2D eigenvalue weighted by Gasteiger charge is -2.17. The molecule has 0 radical (unpaired) electrons. The van der Waals surface area contributed by atoms with Crippen LogP contribution in [0.5, 0.6) is 11.5 Å². The second-order valence-electron chi connectivity index (χ2n) is 6.54. The van der Waals surface area contributed by atoms with Gasteiger partial charge in [0.05, 0.1) is 36.9 Å². The van der Waals surface area contributed by atoms with E-state index in [9.17, 15) is 4.79 Å². The van der Waals surface area contributed by atoms with E-state index in [1.165, 1.54) is 11.8 Å². The van der Waals surface area contributed by atoms with Crippen molar-refractivity contribution in [2.45, 2.75) is 24.1 Å². The van der Waals surface area contributed by atoms with Crippen LogP contribution in [0.25, 0.3) is 16.6 Å². The summed E-state index contributed by atoms with van der Waals surface area (Å²) in [6, 6.07) is 12.8. The molecule has 7 heteroatoms. The number of hydrogen-bond acceptors (Lipinski definition) is 6. The van der Waals surface area contributed by atoms with E-state index < -0.39 is 0 Å². The summed E-state index contributed by atoms with van der Waals surface area (Å²) in [5.74, 6) is 1.97. The third-order valence-electron chi connectivity index (χ3n) is 4.79. The Balaban J connectivity index is 1.88. The van der Waals surface area contributed by atoms with Crippen molar-refractivity contribution in [1.82, 2.24) is 9.55 Å². The first kappa shape index (κ1) is 18.8. The van der Waals surface area contributed by atoms with E-state index in [1.54, 1.807) is 43.1 Å². The molecular weight excluding hydrogens is 376 g/mol. The maximum Gasteiger partial charge on any atom is 0.266 e. The predicted molar refractivity (Wildman–Crippen MR) is 110 cm³/mol. The van der Waals surface area contributed by atoms with Crippen molar-refractivity contribution < 1.29 is 14.2 Å². The summed E-state index contributed by atoms with van der Waals surface area (Å²) in [5, 5.41) is 1.18. The molecule has 0 amide bonds. The molecule has 1 aliphatic rings. The first-order valence-electron chi connectivity index (χ1n) is 9.20. The van der Waals surface area contributed by atoms with Gasteiger partial charge in [0.2, 0.25) is 0 Å². The van der Waals surface area contributed by atoms with Gasteiger partial charge in [-0.25, -0.2) is 4.98 Å². The molecule has 1 aliphatic heterocycles. The van der Waals surface area contributed by atoms with Crippen LogP contribution in [-0.2, 0) is 4.74 Å². The molecular formula is C21H22N2O4S. The summed E-state index contributed by atoms with van der Waals surface area (Å²) < 4.78 is 18.2. The topological polar surface area (TPSA) is 62.6 Å². The van der Waals surface area contributed by atoms with Crippen LogP contribution in [0.4, 0.5) is 0 Å². The SMILES string of the molecule is COc1ccc(OC)c(-n2c(SC[C@@H]3CCCO3)nc3ccccc3c2=O)c1. The highest BCUT2D eigenvalue weighted by Crippen LogP contribution is 2.31. The summed E-state index contributed by atoms with van der Waals surface area (Å²) in [6.07, 6.45) is 2.30. The highest BCUT2D eigenvalue weighted by molar-refractivity contribution is 7.99. The number of benzene rings is 2. The molecule has 1 aromatic heterocycles. The number of hydrogen-bond donors (Lipinski definition) is 0. The number of fused-ring (bicyclic) bond motifs is 1. The highest BCUT2D eigenvalue weighted by atomic mass is 32.2. The molecule has 6 nitrogen and oxygen atoms in total. The highest BCUT2D eigenvalue weighted by Gasteiger charge is 2.20. The maximum absolute atomic E-state index is 13.4. The van der Waals surface area contributed by atoms with Crippen molar-refractivity contribution in [3.63, 3.8) is 0 Å². The molecule has 2 heterocycles. The fourth-order valence-corrected chi connectivity index (χ4v) is 4.41. The lowest BCUT2D eigenvalue weighted by molar-refractivity contribution is 0.129. The first-order valence-corrected chi connectivity index (χ1v) is 10.2. The molecule has 146 valence electrons. The number of nitrogens with zero attached hydrogens (tertiary/aromatic N) is 2. The van der Waals surface area contributed by atoms with Gasteiger partial charge >= 0.3 is 0 Å². The van der Waals surface area contributed by atoms with Gasteiger partial charge in [-0.2, -0.15) is 0 Å². The van der Waals surface area contributed by atoms with Crippen LogP contribution in [0, 0.1) is 0 Å². The van der Waals surface area contributed by atoms with E-state index in [2.05, 4.69) is 0 Å². The Morgan fingerprint density at radius 2 is 2.07 bits per heavy atom. The van der Waals surface area contributed by atoms with Crippen molar-refractivity contribution in [3.05, 3.63) is 52.8 Å². The van der Waals surface area contributed by atoms with Gasteiger partial charge in [0.1, 0.15) is 11.5 Å². The van der Waals surface area contributed by atoms with Gasteiger partial charge in [-0.15, -0.1) is 0 Å². The van der Waals surface area contributed by atoms with E-state index in [4.69, 9.17) is 19.2 Å². The molecule has 1 atom stereocenters. The van der Waals surface area contributed by atoms with Crippen LogP contribution in [0.1, 0.15) is 12.8 Å². The van der Waals surface area contributed by atoms with E-state index >= 15 is 0 Å². The van der Waals surface area contributed by atoms with E-state index in [1.807, 2.05) is 18.2 Å². The standard InChI is InChI=1S/C21H22N2O4S/c1-25-14-9-10-19(26-2)18(12-14)23-20(24)16-7-3-4-8-17(16)22-21(23)28-13-15-6-5-11-27-15/h3-4,7-10,12,15H,5-6,11,13H2,1-2H3/t15-/m0/s1. The smallest absolute Gasteiger partial charge is 0.266 e. The van der Waals surface area contributed by atoms with E-state index in [-0.39, 0.29) is 11.7 Å². The Morgan fingerprint density at radius 3 is 2.82 bits per heavy atom. The van der Waals surface area contributed by atoms with Crippen molar-refractivity contribution in [3.8, 4) is 17.2 Å². The normalized spacial score (nSPS) is 16.4. The monoisotopic (exact) mass is 398 g/mol. The molecule has 0 spiro atoms. The molecule has 0 unspecified atom stereocenters. The van der Waals surface area contributed by atoms with E-state index in [0.29, 0.717) is 33.2 Å². The van der Waals surface area contributed by atoms with Gasteiger partial charge in [-0.1, -0.05) is 23.9 Å². The van der Waals surface area contributed by atoms with Crippen LogP contribution in [0.2, 0.25) is 0 Å². The van der Waals surface area contributed by atoms with Gasteiger partial charge < -0.3 is 14.2 Å². The average Bonchev–Trinajstić information content (AvgIpc) is 3.25. The molecule has 2 aromatic carbocycles. The van der Waals surface area contributed by atoms with Crippen molar-refractivity contribution >= 4 is 22.7 Å². The Morgan fingerprint density at radius 1 is 1.21 bits per heavy atom. The number of ether oxygens (including phenoxy) is 3. The molecule has 0 saturated carbocycles. The summed E-state index contributed by atoms with van der Waals surface area (Å²) in [6.45, 7) is 0.799. The van der Waals surface area contributed by atoms with Crippen molar-refractivity contribution in [2.75, 3.05) is 26.6 Å². The van der Waals surface area contributed by atoms with Gasteiger partial charge in [0.15, 0.2) is 5.16 Å². The number of methoxy groups -OCH3 is 2. The Hall–Kier alpha value is -2.51. The molecule has 0 aliphatic carbocycles. The van der Waals surface area contributed by atoms with Crippen LogP contribution in [0.15, 0.2) is 52.4 Å². The van der Waals surface area contributed by atoms with Crippen LogP contribution < -0.4 is 15.0 Å². The largest absolute Gasteiger partial charge is 0.497 e. The van der Waals surface area contributed by atoms with Gasteiger partial charge in [-0.3, -0.25) is 9.36 Å². The summed E-state index contributed by atoms with van der Waals surface area (Å²) in [5.41, 5.74) is 1.16. The second kappa shape index (κ2) is 8.24. The summed E-state index contributed by atoms with van der Waals surface area (Å²) in [4.78, 5) is 18.2. The minimum Gasteiger partial charge on any atom is -0.497 e. The zero-order valence-corrected chi connectivity index (χ0v) is 16.7. The molecule has 0 bridgehead atoms. The first-order chi connectivity index (χ1) is 13.7. The fraction of sp³-hybridized carbons (Fsp3) is 0.333. The van der Waals surface area contributed by atoms with Crippen molar-refractivity contribution in [2.24, 2.45) is 0 Å². The van der Waals surface area contributed by atoms with Crippen molar-refractivity contribution in [1.29, 1.82) is 0 Å². The quantitative estimate of drug-likeness (QED) is 0.466. The molecule has 1 saturated heterocycles. The molecule has 0 N–H and O–H groups in total. The maximum atomic E-state index is 13.4. The predicted octanol–water partition coefficient (Wildman–Crippen LogP) is 3.67. The molecule has 1 fully saturated rings. The minimum absolute atomic E-state index is 0.132. The number of aromatic nitrogens is 2. The summed E-state index contributed by atoms with van der Waals surface area (Å²) >= 11 is 1.53. The lowest BCUT2D eigenvalue weighted by atomic mass is 10.2. The molecule has 4 rings (SSSR count). The average molecular weight is 398 g/mol. The van der Waals surface area contributed by atoms with E-state index in [0.717, 1.165) is 25.2 Å². The van der Waals surface area contributed by atoms with Gasteiger partial charge in [-0.05, 0) is 37.1 Å². The third kappa shape index (κ3) is 3.59. The third-order valence-corrected chi connectivity index (χ3v) is 5.86. The Bertz CT molecular complexity index is 1040. The fourth-order valence-electron chi connectivity index (χ4n) is 3.34. The van der Waals surface area contributed by atoms with Crippen LogP contribution in [0.3, 0.4) is 0 Å². The Kier molecular flexibility index (Phi) is 5.54. The number of para-hydroxylation sites is 1. The number of thioether (sulfide) groups is 1. The van der Waals surface area contributed by atoms with Gasteiger partial charge in [0, 0.05) is 18.4 Å². The Labute approximate surface area is 167 Å². The zero-order chi connectivity index (χ0) is 19.5. The summed E-state index contributed by atoms with van der Waals surface area (Å²) in [7, 11) is 3.18. The molecule has 28 heavy (non-hydrogen) atoms. The van der Waals surface area contributed by atoms with Gasteiger partial charge in [0.25, 0.3) is 5.56 Å². The molecule has 3 aromatic rings. The second-order valence-corrected chi connectivity index (χ2v) is 7.52. The van der Waals surface area contributed by atoms with Crippen LogP contribution >= 0.6 is 11.8 Å². The van der Waals surface area contributed by atoms with Crippen LogP contribution in [-0.4, -0.2) is 42.2 Å². The zero-order valence-electron chi connectivity index (χ0n) is 15.9. The lowest BCUT2D eigenvalue weighted by Crippen LogP contribution is -2.23. The minimum atomic E-state index is -0.132. The number of rotatable bonds is 6.